The molecule has 6 nitrogen and oxygen atoms in total. The molecule has 26 heavy (non-hydrogen) atoms. The largest absolute Gasteiger partial charge is 0.497 e. The molecule has 0 aliphatic heterocycles. The van der Waals surface area contributed by atoms with Gasteiger partial charge in [0.15, 0.2) is 0 Å². The minimum absolute atomic E-state index is 0.148. The van der Waals surface area contributed by atoms with Crippen molar-refractivity contribution in [2.45, 2.75) is 19.4 Å². The van der Waals surface area contributed by atoms with Gasteiger partial charge in [-0.1, -0.05) is 25.1 Å². The van der Waals surface area contributed by atoms with Gasteiger partial charge in [-0.3, -0.25) is 9.10 Å². The number of hydrogen-bond acceptors (Lipinski definition) is 4. The van der Waals surface area contributed by atoms with E-state index in [1.165, 1.54) is 7.05 Å². The van der Waals surface area contributed by atoms with Crippen LogP contribution in [0.25, 0.3) is 0 Å². The fraction of sp³-hybridized carbons (Fsp3) is 0.316. The van der Waals surface area contributed by atoms with Crippen molar-refractivity contribution in [2.24, 2.45) is 0 Å². The highest BCUT2D eigenvalue weighted by Crippen LogP contribution is 2.22. The zero-order valence-corrected chi connectivity index (χ0v) is 16.2. The Bertz CT molecular complexity index is 863. The van der Waals surface area contributed by atoms with Gasteiger partial charge >= 0.3 is 0 Å². The molecule has 1 amide bonds. The van der Waals surface area contributed by atoms with E-state index in [0.717, 1.165) is 28.3 Å². The number of rotatable bonds is 7. The number of hydrogen-bond donors (Lipinski definition) is 1. The van der Waals surface area contributed by atoms with Gasteiger partial charge in [0.25, 0.3) is 5.91 Å². The summed E-state index contributed by atoms with van der Waals surface area (Å²) in [5.41, 5.74) is 1.83. The van der Waals surface area contributed by atoms with Gasteiger partial charge in [-0.15, -0.1) is 0 Å². The quantitative estimate of drug-likeness (QED) is 0.806. The summed E-state index contributed by atoms with van der Waals surface area (Å²) in [6, 6.07) is 13.9. The predicted molar refractivity (Wildman–Crippen MR) is 103 cm³/mol. The molecule has 0 bridgehead atoms. The van der Waals surface area contributed by atoms with Crippen LogP contribution < -0.4 is 14.4 Å². The van der Waals surface area contributed by atoms with Crippen molar-refractivity contribution in [3.8, 4) is 5.75 Å². The second kappa shape index (κ2) is 8.23. The zero-order valence-electron chi connectivity index (χ0n) is 15.4. The number of benzene rings is 2. The van der Waals surface area contributed by atoms with E-state index in [9.17, 15) is 13.2 Å². The van der Waals surface area contributed by atoms with Crippen LogP contribution in [0.2, 0.25) is 0 Å². The van der Waals surface area contributed by atoms with E-state index in [4.69, 9.17) is 4.74 Å². The molecule has 140 valence electrons. The van der Waals surface area contributed by atoms with Crippen LogP contribution in [-0.2, 0) is 10.0 Å². The Balaban J connectivity index is 2.19. The molecular formula is C19H24N2O4S. The highest BCUT2D eigenvalue weighted by molar-refractivity contribution is 7.92. The minimum Gasteiger partial charge on any atom is -0.497 e. The van der Waals surface area contributed by atoms with E-state index in [0.29, 0.717) is 11.3 Å². The molecule has 2 aromatic rings. The molecule has 0 aliphatic rings. The molecule has 0 radical (unpaired) electrons. The van der Waals surface area contributed by atoms with E-state index in [1.54, 1.807) is 31.4 Å². The lowest BCUT2D eigenvalue weighted by atomic mass is 10.0. The third-order valence-corrected chi connectivity index (χ3v) is 5.41. The van der Waals surface area contributed by atoms with Gasteiger partial charge in [-0.2, -0.15) is 0 Å². The summed E-state index contributed by atoms with van der Waals surface area (Å²) < 4.78 is 29.7. The van der Waals surface area contributed by atoms with Crippen molar-refractivity contribution < 1.29 is 17.9 Å². The van der Waals surface area contributed by atoms with Crippen molar-refractivity contribution in [2.75, 3.05) is 24.7 Å². The number of carbonyl (C=O) groups is 1. The predicted octanol–water partition coefficient (Wildman–Crippen LogP) is 2.97. The van der Waals surface area contributed by atoms with Gasteiger partial charge < -0.3 is 10.1 Å². The van der Waals surface area contributed by atoms with Crippen LogP contribution in [0.1, 0.15) is 35.3 Å². The van der Waals surface area contributed by atoms with E-state index >= 15 is 0 Å². The molecule has 0 aliphatic carbocycles. The normalized spacial score (nSPS) is 12.3. The summed E-state index contributed by atoms with van der Waals surface area (Å²) in [4.78, 5) is 12.6. The molecule has 1 atom stereocenters. The number of carbonyl (C=O) groups excluding carboxylic acids is 1. The van der Waals surface area contributed by atoms with Gasteiger partial charge in [-0.05, 0) is 42.3 Å². The fourth-order valence-corrected chi connectivity index (χ4v) is 3.03. The van der Waals surface area contributed by atoms with Crippen LogP contribution in [-0.4, -0.2) is 34.7 Å². The third kappa shape index (κ3) is 4.76. The molecule has 0 heterocycles. The van der Waals surface area contributed by atoms with Crippen LogP contribution in [0, 0.1) is 0 Å². The maximum absolute atomic E-state index is 12.6. The Morgan fingerprint density at radius 3 is 2.38 bits per heavy atom. The average Bonchev–Trinajstić information content (AvgIpc) is 2.64. The molecule has 0 aromatic heterocycles. The van der Waals surface area contributed by atoms with Crippen molar-refractivity contribution >= 4 is 21.6 Å². The van der Waals surface area contributed by atoms with Crippen molar-refractivity contribution in [1.82, 2.24) is 5.32 Å². The average molecular weight is 376 g/mol. The van der Waals surface area contributed by atoms with E-state index in [-0.39, 0.29) is 11.9 Å². The van der Waals surface area contributed by atoms with E-state index in [2.05, 4.69) is 5.32 Å². The lowest BCUT2D eigenvalue weighted by Gasteiger charge is -2.20. The van der Waals surface area contributed by atoms with Gasteiger partial charge in [0, 0.05) is 12.6 Å². The fourth-order valence-electron chi connectivity index (χ4n) is 2.53. The minimum atomic E-state index is -3.39. The smallest absolute Gasteiger partial charge is 0.251 e. The first-order valence-electron chi connectivity index (χ1n) is 8.25. The van der Waals surface area contributed by atoms with Crippen LogP contribution >= 0.6 is 0 Å². The summed E-state index contributed by atoms with van der Waals surface area (Å²) in [6.45, 7) is 1.99. The highest BCUT2D eigenvalue weighted by Gasteiger charge is 2.17. The summed E-state index contributed by atoms with van der Waals surface area (Å²) in [5, 5.41) is 2.99. The number of amides is 1. The number of nitrogens with zero attached hydrogens (tertiary/aromatic N) is 1. The molecule has 0 saturated heterocycles. The number of methoxy groups -OCH3 is 1. The Labute approximate surface area is 154 Å². The third-order valence-electron chi connectivity index (χ3n) is 4.20. The maximum atomic E-state index is 12.6. The number of ether oxygens (including phenoxy) is 1. The van der Waals surface area contributed by atoms with Crippen LogP contribution in [0.5, 0.6) is 5.75 Å². The van der Waals surface area contributed by atoms with E-state index in [1.807, 2.05) is 31.2 Å². The lowest BCUT2D eigenvalue weighted by Crippen LogP contribution is -2.29. The number of nitrogens with one attached hydrogen (secondary N) is 1. The van der Waals surface area contributed by atoms with Gasteiger partial charge in [0.2, 0.25) is 10.0 Å². The summed E-state index contributed by atoms with van der Waals surface area (Å²) in [6.07, 6.45) is 1.84. The van der Waals surface area contributed by atoms with Crippen molar-refractivity contribution in [3.63, 3.8) is 0 Å². The van der Waals surface area contributed by atoms with Gasteiger partial charge in [0.1, 0.15) is 5.75 Å². The van der Waals surface area contributed by atoms with E-state index < -0.39 is 10.0 Å². The first-order valence-corrected chi connectivity index (χ1v) is 10.1. The summed E-state index contributed by atoms with van der Waals surface area (Å²) in [7, 11) is -0.323. The first kappa shape index (κ1) is 19.8. The monoisotopic (exact) mass is 376 g/mol. The lowest BCUT2D eigenvalue weighted by molar-refractivity contribution is 0.0935. The molecule has 0 unspecified atom stereocenters. The van der Waals surface area contributed by atoms with Gasteiger partial charge in [-0.25, -0.2) is 8.42 Å². The second-order valence-electron chi connectivity index (χ2n) is 5.99. The number of sulfonamides is 1. The van der Waals surface area contributed by atoms with Crippen LogP contribution in [0.15, 0.2) is 48.5 Å². The maximum Gasteiger partial charge on any atom is 0.251 e. The van der Waals surface area contributed by atoms with Crippen molar-refractivity contribution in [1.29, 1.82) is 0 Å². The Hall–Kier alpha value is -2.54. The summed E-state index contributed by atoms with van der Waals surface area (Å²) >= 11 is 0. The molecule has 0 saturated carbocycles. The number of anilines is 1. The molecular weight excluding hydrogens is 352 g/mol. The van der Waals surface area contributed by atoms with Crippen LogP contribution in [0.4, 0.5) is 5.69 Å². The Morgan fingerprint density at radius 1 is 1.19 bits per heavy atom. The molecule has 1 N–H and O–H groups in total. The molecule has 0 fully saturated rings. The molecule has 7 heteroatoms. The SMILES string of the molecule is CC[C@@H](NC(=O)c1cccc(N(C)S(C)(=O)=O)c1)c1ccc(OC)cc1. The zero-order chi connectivity index (χ0) is 19.3. The standard InChI is InChI=1S/C19H24N2O4S/c1-5-18(14-9-11-17(25-3)12-10-14)20-19(22)15-7-6-8-16(13-15)21(2)26(4,23)24/h6-13,18H,5H2,1-4H3,(H,20,22)/t18-/m1/s1. The van der Waals surface area contributed by atoms with Crippen LogP contribution in [0.3, 0.4) is 0 Å². The first-order chi connectivity index (χ1) is 12.3. The summed E-state index contributed by atoms with van der Waals surface area (Å²) in [5.74, 6) is 0.503. The topological polar surface area (TPSA) is 75.7 Å². The van der Waals surface area contributed by atoms with Gasteiger partial charge in [0.05, 0.1) is 25.1 Å². The Morgan fingerprint density at radius 2 is 1.85 bits per heavy atom. The second-order valence-corrected chi connectivity index (χ2v) is 8.00. The Kier molecular flexibility index (Phi) is 6.26. The van der Waals surface area contributed by atoms with Crippen molar-refractivity contribution in [3.05, 3.63) is 59.7 Å². The molecule has 2 rings (SSSR count). The molecule has 2 aromatic carbocycles. The highest BCUT2D eigenvalue weighted by atomic mass is 32.2. The molecule has 0 spiro atoms.